The third-order valence-electron chi connectivity index (χ3n) is 4.79. The van der Waals surface area contributed by atoms with Gasteiger partial charge in [-0.15, -0.1) is 0 Å². The third-order valence-corrected chi connectivity index (χ3v) is 5.08. The first-order valence-corrected chi connectivity index (χ1v) is 9.69. The van der Waals surface area contributed by atoms with E-state index in [2.05, 4.69) is 24.1 Å². The van der Waals surface area contributed by atoms with Crippen LogP contribution in [-0.2, 0) is 9.59 Å². The molecule has 0 aromatic heterocycles. The van der Waals surface area contributed by atoms with Crippen LogP contribution in [0.2, 0.25) is 0 Å². The monoisotopic (exact) mass is 393 g/mol. The molecular formula is C22H23N3O2S. The summed E-state index contributed by atoms with van der Waals surface area (Å²) in [5, 5.41) is 2.72. The number of anilines is 2. The molecule has 6 heteroatoms. The first-order valence-electron chi connectivity index (χ1n) is 9.28. The van der Waals surface area contributed by atoms with E-state index in [1.807, 2.05) is 55.5 Å². The van der Waals surface area contributed by atoms with E-state index < -0.39 is 11.8 Å². The molecule has 2 amide bonds. The molecule has 1 aliphatic heterocycles. The number of carbonyl (C=O) groups is 2. The molecule has 0 aliphatic carbocycles. The first-order chi connectivity index (χ1) is 13.5. The molecule has 3 rings (SSSR count). The van der Waals surface area contributed by atoms with Crippen LogP contribution in [0.4, 0.5) is 11.4 Å². The van der Waals surface area contributed by atoms with Gasteiger partial charge in [0.05, 0.1) is 5.69 Å². The van der Waals surface area contributed by atoms with E-state index >= 15 is 0 Å². The van der Waals surface area contributed by atoms with Gasteiger partial charge in [-0.3, -0.25) is 19.8 Å². The van der Waals surface area contributed by atoms with Crippen molar-refractivity contribution in [1.82, 2.24) is 5.32 Å². The molecule has 1 N–H and O–H groups in total. The third kappa shape index (κ3) is 3.82. The van der Waals surface area contributed by atoms with Gasteiger partial charge in [0.25, 0.3) is 11.8 Å². The first kappa shape index (κ1) is 19.8. The van der Waals surface area contributed by atoms with Crippen molar-refractivity contribution in [2.24, 2.45) is 0 Å². The predicted octanol–water partition coefficient (Wildman–Crippen LogP) is 3.67. The molecule has 2 aromatic carbocycles. The number of benzene rings is 2. The second kappa shape index (κ2) is 8.35. The number of thiocarbonyl (C=S) groups is 1. The smallest absolute Gasteiger partial charge is 0.270 e. The summed E-state index contributed by atoms with van der Waals surface area (Å²) in [6, 6.07) is 15.2. The number of hydrogen-bond donors (Lipinski definition) is 1. The van der Waals surface area contributed by atoms with Gasteiger partial charge >= 0.3 is 0 Å². The summed E-state index contributed by atoms with van der Waals surface area (Å²) in [6.45, 7) is 7.94. The highest BCUT2D eigenvalue weighted by Gasteiger charge is 2.34. The number of rotatable bonds is 5. The van der Waals surface area contributed by atoms with Gasteiger partial charge in [0.1, 0.15) is 5.57 Å². The molecule has 1 heterocycles. The number of para-hydroxylation sites is 1. The second-order valence-electron chi connectivity index (χ2n) is 6.51. The molecule has 0 saturated carbocycles. The van der Waals surface area contributed by atoms with E-state index in [1.165, 1.54) is 4.90 Å². The van der Waals surface area contributed by atoms with Gasteiger partial charge in [-0.25, -0.2) is 0 Å². The zero-order valence-electron chi connectivity index (χ0n) is 16.2. The van der Waals surface area contributed by atoms with Gasteiger partial charge in [0, 0.05) is 18.8 Å². The fourth-order valence-electron chi connectivity index (χ4n) is 3.23. The van der Waals surface area contributed by atoms with Crippen molar-refractivity contribution in [1.29, 1.82) is 0 Å². The lowest BCUT2D eigenvalue weighted by atomic mass is 10.1. The summed E-state index contributed by atoms with van der Waals surface area (Å²) < 4.78 is 0. The van der Waals surface area contributed by atoms with Gasteiger partial charge in [-0.2, -0.15) is 0 Å². The molecule has 2 aromatic rings. The quantitative estimate of drug-likeness (QED) is 0.478. The lowest BCUT2D eigenvalue weighted by molar-refractivity contribution is -0.122. The highest BCUT2D eigenvalue weighted by Crippen LogP contribution is 2.25. The zero-order valence-corrected chi connectivity index (χ0v) is 17.0. The Hall–Kier alpha value is -2.99. The molecule has 28 heavy (non-hydrogen) atoms. The van der Waals surface area contributed by atoms with Crippen LogP contribution in [0, 0.1) is 6.92 Å². The lowest BCUT2D eigenvalue weighted by Crippen LogP contribution is -2.54. The Kier molecular flexibility index (Phi) is 5.90. The lowest BCUT2D eigenvalue weighted by Gasteiger charge is -2.30. The minimum absolute atomic E-state index is 0.0624. The molecule has 0 atom stereocenters. The van der Waals surface area contributed by atoms with Gasteiger partial charge < -0.3 is 4.90 Å². The Bertz CT molecular complexity index is 947. The summed E-state index contributed by atoms with van der Waals surface area (Å²) in [7, 11) is 0. The molecular weight excluding hydrogens is 370 g/mol. The molecule has 1 aliphatic rings. The Morgan fingerprint density at radius 3 is 2.29 bits per heavy atom. The molecule has 1 fully saturated rings. The van der Waals surface area contributed by atoms with Crippen molar-refractivity contribution in [2.75, 3.05) is 22.9 Å². The largest absolute Gasteiger partial charge is 0.372 e. The Morgan fingerprint density at radius 1 is 1.04 bits per heavy atom. The van der Waals surface area contributed by atoms with Crippen LogP contribution >= 0.6 is 12.2 Å². The number of nitrogens with one attached hydrogen (secondary N) is 1. The van der Waals surface area contributed by atoms with Crippen LogP contribution in [0.1, 0.15) is 25.0 Å². The molecule has 1 saturated heterocycles. The maximum atomic E-state index is 13.1. The van der Waals surface area contributed by atoms with Gasteiger partial charge in [-0.1, -0.05) is 30.3 Å². The van der Waals surface area contributed by atoms with E-state index in [9.17, 15) is 9.59 Å². The number of hydrogen-bond acceptors (Lipinski definition) is 4. The molecule has 0 bridgehead atoms. The van der Waals surface area contributed by atoms with Crippen LogP contribution in [0.15, 0.2) is 54.1 Å². The van der Waals surface area contributed by atoms with Crippen molar-refractivity contribution >= 4 is 46.6 Å². The number of aryl methyl sites for hydroxylation is 1. The van der Waals surface area contributed by atoms with Crippen molar-refractivity contribution < 1.29 is 9.59 Å². The summed E-state index contributed by atoms with van der Waals surface area (Å²) in [5.74, 6) is -0.900. The van der Waals surface area contributed by atoms with Crippen molar-refractivity contribution in [3.8, 4) is 0 Å². The van der Waals surface area contributed by atoms with Crippen LogP contribution in [0.25, 0.3) is 6.08 Å². The van der Waals surface area contributed by atoms with Crippen LogP contribution < -0.4 is 15.1 Å². The van der Waals surface area contributed by atoms with Crippen LogP contribution in [0.3, 0.4) is 0 Å². The van der Waals surface area contributed by atoms with Crippen molar-refractivity contribution in [3.63, 3.8) is 0 Å². The fraction of sp³-hybridized carbons (Fsp3) is 0.227. The Labute approximate surface area is 170 Å². The number of nitrogens with zero attached hydrogens (tertiary/aromatic N) is 2. The summed E-state index contributed by atoms with van der Waals surface area (Å²) in [4.78, 5) is 29.1. The normalized spacial score (nSPS) is 15.8. The minimum atomic E-state index is -0.479. The van der Waals surface area contributed by atoms with E-state index in [1.54, 1.807) is 6.08 Å². The SMILES string of the molecule is CCN(CC)c1ccc(/C=C2/C(=O)NC(=S)N(c3ccccc3C)C2=O)cc1. The van der Waals surface area contributed by atoms with Crippen LogP contribution in [0.5, 0.6) is 0 Å². The van der Waals surface area contributed by atoms with E-state index in [4.69, 9.17) is 12.2 Å². The molecule has 0 spiro atoms. The highest BCUT2D eigenvalue weighted by atomic mass is 32.1. The Morgan fingerprint density at radius 2 is 1.68 bits per heavy atom. The molecule has 0 unspecified atom stereocenters. The van der Waals surface area contributed by atoms with Gasteiger partial charge in [0.15, 0.2) is 5.11 Å². The highest BCUT2D eigenvalue weighted by molar-refractivity contribution is 7.80. The maximum absolute atomic E-state index is 13.1. The van der Waals surface area contributed by atoms with Crippen molar-refractivity contribution in [3.05, 3.63) is 65.2 Å². The van der Waals surface area contributed by atoms with E-state index in [0.717, 1.165) is 29.9 Å². The fourth-order valence-corrected chi connectivity index (χ4v) is 3.50. The number of amides is 2. The maximum Gasteiger partial charge on any atom is 0.270 e. The average Bonchev–Trinajstić information content (AvgIpc) is 2.68. The molecule has 5 nitrogen and oxygen atoms in total. The molecule has 0 radical (unpaired) electrons. The Balaban J connectivity index is 1.94. The summed E-state index contributed by atoms with van der Waals surface area (Å²) >= 11 is 5.25. The molecule has 144 valence electrons. The topological polar surface area (TPSA) is 52.7 Å². The zero-order chi connectivity index (χ0) is 20.3. The predicted molar refractivity (Wildman–Crippen MR) is 117 cm³/mol. The second-order valence-corrected chi connectivity index (χ2v) is 6.89. The average molecular weight is 394 g/mol. The minimum Gasteiger partial charge on any atom is -0.372 e. The standard InChI is InChI=1S/C22H23N3O2S/c1-4-24(5-2)17-12-10-16(11-13-17)14-18-20(26)23-22(28)25(21(18)27)19-9-7-6-8-15(19)3/h6-14H,4-5H2,1-3H3,(H,23,26,28)/b18-14-. The van der Waals surface area contributed by atoms with E-state index in [0.29, 0.717) is 5.69 Å². The van der Waals surface area contributed by atoms with Crippen LogP contribution in [-0.4, -0.2) is 30.0 Å². The summed E-state index contributed by atoms with van der Waals surface area (Å²) in [5.41, 5.74) is 3.52. The number of carbonyl (C=O) groups excluding carboxylic acids is 2. The van der Waals surface area contributed by atoms with E-state index in [-0.39, 0.29) is 10.7 Å². The van der Waals surface area contributed by atoms with Crippen molar-refractivity contribution in [2.45, 2.75) is 20.8 Å². The van der Waals surface area contributed by atoms with Gasteiger partial charge in [0.2, 0.25) is 0 Å². The summed E-state index contributed by atoms with van der Waals surface area (Å²) in [6.07, 6.45) is 1.61. The van der Waals surface area contributed by atoms with Gasteiger partial charge in [-0.05, 0) is 68.4 Å².